The molecule has 0 unspecified atom stereocenters. The maximum atomic E-state index is 4.92. The lowest BCUT2D eigenvalue weighted by Crippen LogP contribution is -2.22. The van der Waals surface area contributed by atoms with E-state index in [2.05, 4.69) is 167 Å². The fourth-order valence-electron chi connectivity index (χ4n) is 8.57. The molecule has 4 heteroatoms. The third-order valence-electron chi connectivity index (χ3n) is 12.3. The summed E-state index contributed by atoms with van der Waals surface area (Å²) in [5, 5.41) is 9.82. The van der Waals surface area contributed by atoms with Gasteiger partial charge in [-0.25, -0.2) is 0 Å². The predicted octanol–water partition coefficient (Wildman–Crippen LogP) is 13.1. The molecule has 0 bridgehead atoms. The Morgan fingerprint density at radius 3 is 1.96 bits per heavy atom. The summed E-state index contributed by atoms with van der Waals surface area (Å²) in [6, 6.07) is 44.7. The molecule has 2 heterocycles. The summed E-state index contributed by atoms with van der Waals surface area (Å²) in [4.78, 5) is 4.87. The van der Waals surface area contributed by atoms with Crippen molar-refractivity contribution in [3.8, 4) is 50.5 Å². The number of nitrogens with zero attached hydrogens (tertiary/aromatic N) is 4. The fourth-order valence-corrected chi connectivity index (χ4v) is 8.57. The van der Waals surface area contributed by atoms with Crippen LogP contribution in [0.1, 0.15) is 100 Å². The zero-order chi connectivity index (χ0) is 38.2. The Morgan fingerprint density at radius 1 is 0.618 bits per heavy atom. The summed E-state index contributed by atoms with van der Waals surface area (Å²) in [5.41, 5.74) is 15.4. The van der Waals surface area contributed by atoms with E-state index in [0.717, 1.165) is 52.4 Å². The largest absolute Gasteiger partial charge is 0.277 e. The van der Waals surface area contributed by atoms with Gasteiger partial charge in [0.25, 0.3) is 0 Å². The predicted molar refractivity (Wildman–Crippen MR) is 229 cm³/mol. The van der Waals surface area contributed by atoms with E-state index in [1.165, 1.54) is 70.2 Å². The van der Waals surface area contributed by atoms with Gasteiger partial charge >= 0.3 is 0 Å². The minimum Gasteiger partial charge on any atom is -0.277 e. The van der Waals surface area contributed by atoms with E-state index in [9.17, 15) is 0 Å². The van der Waals surface area contributed by atoms with Crippen molar-refractivity contribution < 1.29 is 0 Å². The van der Waals surface area contributed by atoms with Crippen LogP contribution in [0, 0.1) is 6.92 Å². The molecule has 0 N–H and O–H groups in total. The van der Waals surface area contributed by atoms with Crippen LogP contribution in [-0.4, -0.2) is 19.7 Å². The van der Waals surface area contributed by atoms with Gasteiger partial charge in [-0.05, 0) is 94.8 Å². The molecule has 0 saturated heterocycles. The SMILES string of the molecule is CCCCCCc1cccc(-c2cccc(-c3nnc(C(C)(C)CC)n3-c3cncc(-c4ccc(C5(C)c6ccccc6-c6ccccc65)cc4)c3C)c2)c1. The molecule has 5 aromatic carbocycles. The number of fused-ring (bicyclic) bond motifs is 3. The number of pyridine rings is 1. The standard InChI is InChI=1S/C51H52N4/c1-7-9-10-11-18-36-19-16-20-38(31-36)39-21-17-22-40(32-39)48-53-54-49(50(4,5)8-2)55(48)47-34-52-33-44(35(47)3)37-27-29-41(30-28-37)51(6)45-25-14-12-23-42(45)43-24-13-15-26-46(43)51/h12-17,19-34H,7-11,18H2,1-6H3. The van der Waals surface area contributed by atoms with E-state index in [1.807, 2.05) is 12.4 Å². The van der Waals surface area contributed by atoms with Gasteiger partial charge in [0, 0.05) is 28.2 Å². The Hall–Kier alpha value is -5.61. The summed E-state index contributed by atoms with van der Waals surface area (Å²) in [6.07, 6.45) is 11.1. The average Bonchev–Trinajstić information content (AvgIpc) is 3.79. The lowest BCUT2D eigenvalue weighted by Gasteiger charge is -2.28. The van der Waals surface area contributed by atoms with Gasteiger partial charge in [0.15, 0.2) is 5.82 Å². The lowest BCUT2D eigenvalue weighted by molar-refractivity contribution is 0.464. The topological polar surface area (TPSA) is 43.6 Å². The Bertz CT molecular complexity index is 2420. The van der Waals surface area contributed by atoms with E-state index in [4.69, 9.17) is 15.2 Å². The van der Waals surface area contributed by atoms with Crippen molar-refractivity contribution in [2.24, 2.45) is 0 Å². The van der Waals surface area contributed by atoms with Gasteiger partial charge in [-0.3, -0.25) is 9.55 Å². The number of aromatic nitrogens is 4. The van der Waals surface area contributed by atoms with E-state index in [-0.39, 0.29) is 10.8 Å². The molecule has 8 rings (SSSR count). The van der Waals surface area contributed by atoms with Crippen molar-refractivity contribution in [2.45, 2.75) is 90.9 Å². The molecule has 7 aromatic rings. The molecule has 0 radical (unpaired) electrons. The van der Waals surface area contributed by atoms with Gasteiger partial charge in [0.2, 0.25) is 0 Å². The lowest BCUT2D eigenvalue weighted by atomic mass is 9.74. The molecule has 2 aromatic heterocycles. The molecule has 55 heavy (non-hydrogen) atoms. The van der Waals surface area contributed by atoms with Crippen molar-refractivity contribution in [2.75, 3.05) is 0 Å². The van der Waals surface area contributed by atoms with Crippen LogP contribution in [-0.2, 0) is 17.3 Å². The van der Waals surface area contributed by atoms with Crippen LogP contribution in [0.4, 0.5) is 0 Å². The molecule has 276 valence electrons. The van der Waals surface area contributed by atoms with Gasteiger partial charge in [-0.1, -0.05) is 162 Å². The molecular formula is C51H52N4. The van der Waals surface area contributed by atoms with Gasteiger partial charge in [-0.15, -0.1) is 10.2 Å². The highest BCUT2D eigenvalue weighted by Crippen LogP contribution is 2.52. The molecule has 1 aliphatic carbocycles. The van der Waals surface area contributed by atoms with Crippen LogP contribution < -0.4 is 0 Å². The minimum atomic E-state index is -0.233. The molecule has 0 spiro atoms. The summed E-state index contributed by atoms with van der Waals surface area (Å²) < 4.78 is 2.26. The Labute approximate surface area is 327 Å². The van der Waals surface area contributed by atoms with E-state index >= 15 is 0 Å². The van der Waals surface area contributed by atoms with Gasteiger partial charge in [0.1, 0.15) is 5.82 Å². The molecule has 0 fully saturated rings. The van der Waals surface area contributed by atoms with Crippen LogP contribution in [0.5, 0.6) is 0 Å². The number of hydrogen-bond donors (Lipinski definition) is 0. The maximum absolute atomic E-state index is 4.92. The maximum Gasteiger partial charge on any atom is 0.168 e. The zero-order valence-electron chi connectivity index (χ0n) is 33.2. The van der Waals surface area contributed by atoms with Gasteiger partial charge < -0.3 is 0 Å². The van der Waals surface area contributed by atoms with Crippen molar-refractivity contribution in [3.63, 3.8) is 0 Å². The van der Waals surface area contributed by atoms with Crippen molar-refractivity contribution in [3.05, 3.63) is 167 Å². The monoisotopic (exact) mass is 720 g/mol. The smallest absolute Gasteiger partial charge is 0.168 e. The number of rotatable bonds is 12. The normalized spacial score (nSPS) is 13.1. The second kappa shape index (κ2) is 14.9. The summed E-state index contributed by atoms with van der Waals surface area (Å²) in [6.45, 7) is 13.6. The highest BCUT2D eigenvalue weighted by atomic mass is 15.3. The van der Waals surface area contributed by atoms with Crippen molar-refractivity contribution in [1.29, 1.82) is 0 Å². The third-order valence-corrected chi connectivity index (χ3v) is 12.3. The quantitative estimate of drug-likeness (QED) is 0.118. The highest BCUT2D eigenvalue weighted by Gasteiger charge is 2.40. The van der Waals surface area contributed by atoms with Crippen LogP contribution in [0.15, 0.2) is 134 Å². The second-order valence-corrected chi connectivity index (χ2v) is 16.1. The molecular weight excluding hydrogens is 669 g/mol. The first-order chi connectivity index (χ1) is 26.7. The highest BCUT2D eigenvalue weighted by molar-refractivity contribution is 5.83. The number of hydrogen-bond acceptors (Lipinski definition) is 3. The van der Waals surface area contributed by atoms with Crippen LogP contribution in [0.2, 0.25) is 0 Å². The molecule has 0 aliphatic heterocycles. The first-order valence-electron chi connectivity index (χ1n) is 20.2. The summed E-state index contributed by atoms with van der Waals surface area (Å²) >= 11 is 0. The van der Waals surface area contributed by atoms with Crippen molar-refractivity contribution >= 4 is 0 Å². The average molecular weight is 721 g/mol. The molecule has 0 atom stereocenters. The molecule has 4 nitrogen and oxygen atoms in total. The fraction of sp³-hybridized carbons (Fsp3) is 0.275. The van der Waals surface area contributed by atoms with Gasteiger partial charge in [-0.2, -0.15) is 0 Å². The van der Waals surface area contributed by atoms with Crippen LogP contribution in [0.25, 0.3) is 50.5 Å². The van der Waals surface area contributed by atoms with E-state index in [0.29, 0.717) is 0 Å². The summed E-state index contributed by atoms with van der Waals surface area (Å²) in [5.74, 6) is 1.77. The minimum absolute atomic E-state index is 0.206. The first kappa shape index (κ1) is 36.4. The van der Waals surface area contributed by atoms with Crippen LogP contribution in [0.3, 0.4) is 0 Å². The number of aryl methyl sites for hydroxylation is 1. The Balaban J connectivity index is 1.18. The number of benzene rings is 5. The number of unbranched alkanes of at least 4 members (excludes halogenated alkanes) is 3. The molecule has 0 amide bonds. The Morgan fingerprint density at radius 2 is 1.27 bits per heavy atom. The summed E-state index contributed by atoms with van der Waals surface area (Å²) in [7, 11) is 0. The van der Waals surface area contributed by atoms with Crippen LogP contribution >= 0.6 is 0 Å². The van der Waals surface area contributed by atoms with E-state index < -0.39 is 0 Å². The van der Waals surface area contributed by atoms with Gasteiger partial charge in [0.05, 0.1) is 11.9 Å². The third kappa shape index (κ3) is 6.52. The van der Waals surface area contributed by atoms with Crippen molar-refractivity contribution in [1.82, 2.24) is 19.7 Å². The van der Waals surface area contributed by atoms with E-state index in [1.54, 1.807) is 0 Å². The Kier molecular flexibility index (Phi) is 9.86. The molecule has 0 saturated carbocycles. The second-order valence-electron chi connectivity index (χ2n) is 16.1. The first-order valence-corrected chi connectivity index (χ1v) is 20.2. The molecule has 1 aliphatic rings. The zero-order valence-corrected chi connectivity index (χ0v) is 33.2.